The van der Waals surface area contributed by atoms with E-state index < -0.39 is 0 Å². The maximum absolute atomic E-state index is 13.3. The topological polar surface area (TPSA) is 35.2 Å². The maximum atomic E-state index is 13.3. The third-order valence-corrected chi connectivity index (χ3v) is 4.53. The number of rotatable bonds is 1. The quantitative estimate of drug-likeness (QED) is 0.837. The van der Waals surface area contributed by atoms with Gasteiger partial charge in [-0.1, -0.05) is 34.1 Å². The second-order valence-electron chi connectivity index (χ2n) is 5.14. The number of aryl methyl sites for hydroxylation is 1. The van der Waals surface area contributed by atoms with Crippen molar-refractivity contribution in [2.45, 2.75) is 25.5 Å². The van der Waals surface area contributed by atoms with Crippen LogP contribution in [0.25, 0.3) is 0 Å². The van der Waals surface area contributed by atoms with E-state index >= 15 is 0 Å². The third kappa shape index (κ3) is 2.45. The standard InChI is InChI=1S/C16H15BrFNO/c1-9-2-3-10(6-13(9)17)15-8-14(19)12-5-4-11(18)7-16(12)20-15/h2-7,14-15H,8,19H2,1H3/t14-,15?/m1/s1. The molecule has 104 valence electrons. The smallest absolute Gasteiger partial charge is 0.127 e. The first-order valence-electron chi connectivity index (χ1n) is 6.52. The number of ether oxygens (including phenoxy) is 1. The second kappa shape index (κ2) is 5.19. The number of benzene rings is 2. The second-order valence-corrected chi connectivity index (χ2v) is 5.99. The predicted octanol–water partition coefficient (Wildman–Crippen LogP) is 4.42. The molecule has 1 aliphatic rings. The highest BCUT2D eigenvalue weighted by Crippen LogP contribution is 2.40. The summed E-state index contributed by atoms with van der Waals surface area (Å²) in [7, 11) is 0. The van der Waals surface area contributed by atoms with Gasteiger partial charge in [-0.25, -0.2) is 4.39 Å². The minimum Gasteiger partial charge on any atom is -0.485 e. The summed E-state index contributed by atoms with van der Waals surface area (Å²) in [4.78, 5) is 0. The molecule has 0 spiro atoms. The van der Waals surface area contributed by atoms with E-state index in [2.05, 4.69) is 15.9 Å². The molecule has 2 nitrogen and oxygen atoms in total. The van der Waals surface area contributed by atoms with E-state index in [0.29, 0.717) is 12.2 Å². The fourth-order valence-electron chi connectivity index (χ4n) is 2.49. The third-order valence-electron chi connectivity index (χ3n) is 3.68. The van der Waals surface area contributed by atoms with Crippen molar-refractivity contribution in [1.29, 1.82) is 0 Å². The van der Waals surface area contributed by atoms with Crippen molar-refractivity contribution in [1.82, 2.24) is 0 Å². The van der Waals surface area contributed by atoms with Crippen molar-refractivity contribution < 1.29 is 9.13 Å². The Labute approximate surface area is 125 Å². The first-order chi connectivity index (χ1) is 9.54. The lowest BCUT2D eigenvalue weighted by Gasteiger charge is -2.30. The van der Waals surface area contributed by atoms with Crippen LogP contribution in [-0.4, -0.2) is 0 Å². The Balaban J connectivity index is 1.96. The lowest BCUT2D eigenvalue weighted by Crippen LogP contribution is -2.24. The molecule has 20 heavy (non-hydrogen) atoms. The summed E-state index contributed by atoms with van der Waals surface area (Å²) in [5.41, 5.74) is 9.26. The van der Waals surface area contributed by atoms with Crippen LogP contribution in [0.1, 0.15) is 35.3 Å². The van der Waals surface area contributed by atoms with E-state index in [1.54, 1.807) is 6.07 Å². The molecule has 0 fully saturated rings. The molecule has 0 saturated heterocycles. The number of hydrogen-bond donors (Lipinski definition) is 1. The summed E-state index contributed by atoms with van der Waals surface area (Å²) in [5.74, 6) is 0.243. The average molecular weight is 336 g/mol. The molecule has 2 aromatic carbocycles. The summed E-state index contributed by atoms with van der Waals surface area (Å²) >= 11 is 3.52. The lowest BCUT2D eigenvalue weighted by molar-refractivity contribution is 0.160. The molecule has 2 N–H and O–H groups in total. The molecule has 4 heteroatoms. The summed E-state index contributed by atoms with van der Waals surface area (Å²) in [5, 5.41) is 0. The van der Waals surface area contributed by atoms with Crippen LogP contribution >= 0.6 is 15.9 Å². The number of hydrogen-bond acceptors (Lipinski definition) is 2. The molecule has 2 aromatic rings. The summed E-state index contributed by atoms with van der Waals surface area (Å²) in [6.07, 6.45) is 0.546. The van der Waals surface area contributed by atoms with Gasteiger partial charge < -0.3 is 10.5 Å². The number of fused-ring (bicyclic) bond motifs is 1. The van der Waals surface area contributed by atoms with Gasteiger partial charge in [-0.2, -0.15) is 0 Å². The minimum atomic E-state index is -0.304. The van der Waals surface area contributed by atoms with Crippen LogP contribution in [0.15, 0.2) is 40.9 Å². The van der Waals surface area contributed by atoms with Crippen molar-refractivity contribution in [2.75, 3.05) is 0 Å². The molecule has 0 bridgehead atoms. The van der Waals surface area contributed by atoms with Gasteiger partial charge in [0.2, 0.25) is 0 Å². The Bertz CT molecular complexity index is 659. The van der Waals surface area contributed by atoms with Crippen molar-refractivity contribution in [2.24, 2.45) is 5.73 Å². The van der Waals surface area contributed by atoms with Gasteiger partial charge in [-0.05, 0) is 30.2 Å². The van der Waals surface area contributed by atoms with E-state index in [9.17, 15) is 4.39 Å². The maximum Gasteiger partial charge on any atom is 0.127 e. The number of nitrogens with two attached hydrogens (primary N) is 1. The SMILES string of the molecule is Cc1ccc(C2C[C@@H](N)c3ccc(F)cc3O2)cc1Br. The largest absolute Gasteiger partial charge is 0.485 e. The highest BCUT2D eigenvalue weighted by molar-refractivity contribution is 9.10. The Morgan fingerprint density at radius 1 is 1.25 bits per heavy atom. The predicted molar refractivity (Wildman–Crippen MR) is 80.2 cm³/mol. The van der Waals surface area contributed by atoms with Crippen LogP contribution < -0.4 is 10.5 Å². The molecule has 0 saturated carbocycles. The van der Waals surface area contributed by atoms with Gasteiger partial charge in [0.05, 0.1) is 0 Å². The zero-order valence-corrected chi connectivity index (χ0v) is 12.7. The molecule has 0 aliphatic carbocycles. The Kier molecular flexibility index (Phi) is 3.52. The van der Waals surface area contributed by atoms with Gasteiger partial charge in [-0.3, -0.25) is 0 Å². The first kappa shape index (κ1) is 13.6. The van der Waals surface area contributed by atoms with E-state index in [1.165, 1.54) is 17.7 Å². The van der Waals surface area contributed by atoms with Gasteiger partial charge in [0.15, 0.2) is 0 Å². The van der Waals surface area contributed by atoms with E-state index in [4.69, 9.17) is 10.5 Å². The van der Waals surface area contributed by atoms with Crippen LogP contribution in [-0.2, 0) is 0 Å². The summed E-state index contributed by atoms with van der Waals surface area (Å²) in [6.45, 7) is 2.03. The molecule has 3 rings (SSSR count). The Hall–Kier alpha value is -1.39. The molecule has 0 aromatic heterocycles. The highest BCUT2D eigenvalue weighted by Gasteiger charge is 2.27. The van der Waals surface area contributed by atoms with Crippen LogP contribution in [0, 0.1) is 12.7 Å². The lowest BCUT2D eigenvalue weighted by atomic mass is 9.93. The van der Waals surface area contributed by atoms with Crippen molar-refractivity contribution in [3.8, 4) is 5.75 Å². The van der Waals surface area contributed by atoms with Crippen LogP contribution in [0.2, 0.25) is 0 Å². The fourth-order valence-corrected chi connectivity index (χ4v) is 2.89. The molecular weight excluding hydrogens is 321 g/mol. The molecule has 0 amide bonds. The summed E-state index contributed by atoms with van der Waals surface area (Å²) in [6, 6.07) is 10.5. The van der Waals surface area contributed by atoms with Crippen LogP contribution in [0.4, 0.5) is 4.39 Å². The number of halogens is 2. The van der Waals surface area contributed by atoms with Gasteiger partial charge in [-0.15, -0.1) is 0 Å². The highest BCUT2D eigenvalue weighted by atomic mass is 79.9. The zero-order chi connectivity index (χ0) is 14.3. The molecule has 1 unspecified atom stereocenters. The van der Waals surface area contributed by atoms with Gasteiger partial charge in [0.1, 0.15) is 17.7 Å². The van der Waals surface area contributed by atoms with Gasteiger partial charge in [0.25, 0.3) is 0 Å². The molecule has 0 radical (unpaired) electrons. The first-order valence-corrected chi connectivity index (χ1v) is 7.31. The Morgan fingerprint density at radius 2 is 2.05 bits per heavy atom. The van der Waals surface area contributed by atoms with E-state index in [-0.39, 0.29) is 18.0 Å². The van der Waals surface area contributed by atoms with Crippen LogP contribution in [0.3, 0.4) is 0 Å². The average Bonchev–Trinajstić information content (AvgIpc) is 2.41. The van der Waals surface area contributed by atoms with E-state index in [1.807, 2.05) is 25.1 Å². The van der Waals surface area contributed by atoms with Crippen molar-refractivity contribution in [3.63, 3.8) is 0 Å². The normalized spacial score (nSPS) is 21.2. The monoisotopic (exact) mass is 335 g/mol. The molecule has 1 heterocycles. The van der Waals surface area contributed by atoms with Gasteiger partial charge in [0, 0.05) is 28.6 Å². The van der Waals surface area contributed by atoms with Crippen molar-refractivity contribution >= 4 is 15.9 Å². The van der Waals surface area contributed by atoms with Crippen LogP contribution in [0.5, 0.6) is 5.75 Å². The fraction of sp³-hybridized carbons (Fsp3) is 0.250. The summed E-state index contributed by atoms with van der Waals surface area (Å²) < 4.78 is 20.3. The van der Waals surface area contributed by atoms with Gasteiger partial charge >= 0.3 is 0 Å². The molecular formula is C16H15BrFNO. The minimum absolute atomic E-state index is 0.135. The van der Waals surface area contributed by atoms with E-state index in [0.717, 1.165) is 15.6 Å². The Morgan fingerprint density at radius 3 is 2.80 bits per heavy atom. The zero-order valence-electron chi connectivity index (χ0n) is 11.1. The molecule has 1 aliphatic heterocycles. The van der Waals surface area contributed by atoms with Crippen molar-refractivity contribution in [3.05, 3.63) is 63.4 Å². The molecule has 2 atom stereocenters.